The van der Waals surface area contributed by atoms with E-state index in [1.165, 1.54) is 0 Å². The predicted molar refractivity (Wildman–Crippen MR) is 83.5 cm³/mol. The number of carbonyl (C=O) groups is 2. The van der Waals surface area contributed by atoms with Crippen molar-refractivity contribution in [3.8, 4) is 0 Å². The van der Waals surface area contributed by atoms with Crippen LogP contribution in [0.15, 0.2) is 0 Å². The summed E-state index contributed by atoms with van der Waals surface area (Å²) >= 11 is 0. The summed E-state index contributed by atoms with van der Waals surface area (Å²) in [6.45, 7) is 6.62. The van der Waals surface area contributed by atoms with Crippen LogP contribution in [0.2, 0.25) is 0 Å². The van der Waals surface area contributed by atoms with Crippen LogP contribution in [0.4, 0.5) is 0 Å². The van der Waals surface area contributed by atoms with Crippen molar-refractivity contribution in [2.24, 2.45) is 17.8 Å². The fourth-order valence-corrected chi connectivity index (χ4v) is 3.38. The molecule has 1 saturated heterocycles. The first-order valence-corrected chi connectivity index (χ1v) is 8.60. The molecule has 1 saturated carbocycles. The van der Waals surface area contributed by atoms with Gasteiger partial charge in [-0.1, -0.05) is 13.8 Å². The Balaban J connectivity index is 1.72. The van der Waals surface area contributed by atoms with Crippen LogP contribution in [0.25, 0.3) is 0 Å². The summed E-state index contributed by atoms with van der Waals surface area (Å²) < 4.78 is 5.86. The third kappa shape index (κ3) is 4.70. The third-order valence-electron chi connectivity index (χ3n) is 4.93. The Labute approximate surface area is 133 Å². The van der Waals surface area contributed by atoms with Crippen molar-refractivity contribution in [3.05, 3.63) is 0 Å². The number of amides is 1. The van der Waals surface area contributed by atoms with E-state index in [9.17, 15) is 9.59 Å². The first-order valence-electron chi connectivity index (χ1n) is 8.60. The van der Waals surface area contributed by atoms with E-state index in [0.29, 0.717) is 38.1 Å². The maximum absolute atomic E-state index is 12.5. The summed E-state index contributed by atoms with van der Waals surface area (Å²) in [5, 5.41) is 9.02. The zero-order valence-electron chi connectivity index (χ0n) is 13.8. The number of carboxylic acids is 1. The van der Waals surface area contributed by atoms with E-state index >= 15 is 0 Å². The number of carboxylic acid groups (broad SMARTS) is 1. The molecule has 22 heavy (non-hydrogen) atoms. The van der Waals surface area contributed by atoms with Gasteiger partial charge >= 0.3 is 5.97 Å². The molecule has 2 fully saturated rings. The zero-order chi connectivity index (χ0) is 16.1. The molecule has 0 aromatic heterocycles. The Morgan fingerprint density at radius 1 is 1.14 bits per heavy atom. The number of likely N-dealkylation sites (tertiary alicyclic amines) is 1. The van der Waals surface area contributed by atoms with Gasteiger partial charge in [0.2, 0.25) is 5.91 Å². The van der Waals surface area contributed by atoms with Crippen molar-refractivity contribution in [3.63, 3.8) is 0 Å². The number of aliphatic carboxylic acids is 1. The van der Waals surface area contributed by atoms with Crippen LogP contribution in [0.3, 0.4) is 0 Å². The Morgan fingerprint density at radius 2 is 1.77 bits per heavy atom. The summed E-state index contributed by atoms with van der Waals surface area (Å²) in [5.41, 5.74) is 0. The topological polar surface area (TPSA) is 66.8 Å². The maximum atomic E-state index is 12.5. The highest BCUT2D eigenvalue weighted by atomic mass is 16.5. The highest BCUT2D eigenvalue weighted by Crippen LogP contribution is 2.31. The molecule has 5 heteroatoms. The molecule has 1 unspecified atom stereocenters. The molecule has 2 aliphatic rings. The van der Waals surface area contributed by atoms with Crippen molar-refractivity contribution >= 4 is 11.9 Å². The van der Waals surface area contributed by atoms with E-state index in [-0.39, 0.29) is 23.8 Å². The number of rotatable bonds is 6. The van der Waals surface area contributed by atoms with Crippen LogP contribution in [0, 0.1) is 17.8 Å². The average Bonchev–Trinajstić information content (AvgIpc) is 2.95. The lowest BCUT2D eigenvalue weighted by atomic mass is 9.81. The van der Waals surface area contributed by atoms with Crippen molar-refractivity contribution < 1.29 is 19.4 Å². The molecule has 1 heterocycles. The SMILES string of the molecule is CC(C)CCOC1CCN(C(=O)C2CCC(C(=O)O)CC2)C1. The molecule has 1 aliphatic carbocycles. The van der Waals surface area contributed by atoms with Gasteiger partial charge in [-0.25, -0.2) is 0 Å². The first kappa shape index (κ1) is 17.3. The number of carbonyl (C=O) groups excluding carboxylic acids is 1. The predicted octanol–water partition coefficient (Wildman–Crippen LogP) is 2.54. The lowest BCUT2D eigenvalue weighted by Gasteiger charge is -2.28. The standard InChI is InChI=1S/C17H29NO4/c1-12(2)8-10-22-15-7-9-18(11-15)16(19)13-3-5-14(6-4-13)17(20)21/h12-15H,3-11H2,1-2H3,(H,20,21). The Bertz CT molecular complexity index is 388. The summed E-state index contributed by atoms with van der Waals surface area (Å²) in [4.78, 5) is 25.4. The van der Waals surface area contributed by atoms with Crippen LogP contribution in [-0.2, 0) is 14.3 Å². The molecule has 126 valence electrons. The van der Waals surface area contributed by atoms with Gasteiger partial charge in [-0.3, -0.25) is 9.59 Å². The molecule has 0 aromatic rings. The molecular formula is C17H29NO4. The van der Waals surface area contributed by atoms with E-state index < -0.39 is 5.97 Å². The van der Waals surface area contributed by atoms with E-state index in [2.05, 4.69) is 13.8 Å². The van der Waals surface area contributed by atoms with Crippen LogP contribution < -0.4 is 0 Å². The Morgan fingerprint density at radius 3 is 2.36 bits per heavy atom. The molecule has 1 amide bonds. The van der Waals surface area contributed by atoms with Crippen molar-refractivity contribution in [2.75, 3.05) is 19.7 Å². The fraction of sp³-hybridized carbons (Fsp3) is 0.882. The van der Waals surface area contributed by atoms with Gasteiger partial charge in [0.1, 0.15) is 0 Å². The highest BCUT2D eigenvalue weighted by Gasteiger charge is 2.35. The van der Waals surface area contributed by atoms with Crippen LogP contribution >= 0.6 is 0 Å². The second kappa shape index (κ2) is 7.95. The minimum absolute atomic E-state index is 0.0185. The fourth-order valence-electron chi connectivity index (χ4n) is 3.38. The molecule has 0 aromatic carbocycles. The quantitative estimate of drug-likeness (QED) is 0.818. The normalized spacial score (nSPS) is 29.0. The number of nitrogens with zero attached hydrogens (tertiary/aromatic N) is 1. The second-order valence-corrected chi connectivity index (χ2v) is 7.14. The lowest BCUT2D eigenvalue weighted by molar-refractivity contribution is -0.145. The largest absolute Gasteiger partial charge is 0.481 e. The average molecular weight is 311 g/mol. The van der Waals surface area contributed by atoms with Crippen molar-refractivity contribution in [2.45, 2.75) is 58.5 Å². The Kier molecular flexibility index (Phi) is 6.24. The molecule has 1 aliphatic heterocycles. The highest BCUT2D eigenvalue weighted by molar-refractivity contribution is 5.79. The second-order valence-electron chi connectivity index (χ2n) is 7.14. The van der Waals surface area contributed by atoms with Gasteiger partial charge in [0.05, 0.1) is 12.0 Å². The lowest BCUT2D eigenvalue weighted by Crippen LogP contribution is -2.37. The zero-order valence-corrected chi connectivity index (χ0v) is 13.8. The monoisotopic (exact) mass is 311 g/mol. The van der Waals surface area contributed by atoms with E-state index in [0.717, 1.165) is 26.0 Å². The van der Waals surface area contributed by atoms with Crippen LogP contribution in [0.5, 0.6) is 0 Å². The summed E-state index contributed by atoms with van der Waals surface area (Å²) in [6, 6.07) is 0. The van der Waals surface area contributed by atoms with Gasteiger partial charge < -0.3 is 14.7 Å². The van der Waals surface area contributed by atoms with E-state index in [4.69, 9.17) is 9.84 Å². The van der Waals surface area contributed by atoms with Crippen molar-refractivity contribution in [1.82, 2.24) is 4.90 Å². The van der Waals surface area contributed by atoms with Gasteiger partial charge in [-0.2, -0.15) is 0 Å². The smallest absolute Gasteiger partial charge is 0.306 e. The minimum Gasteiger partial charge on any atom is -0.481 e. The van der Waals surface area contributed by atoms with Crippen LogP contribution in [-0.4, -0.2) is 47.7 Å². The van der Waals surface area contributed by atoms with Crippen LogP contribution in [0.1, 0.15) is 52.4 Å². The minimum atomic E-state index is -0.717. The van der Waals surface area contributed by atoms with Gasteiger partial charge in [-0.05, 0) is 44.4 Å². The molecule has 1 N–H and O–H groups in total. The molecule has 0 bridgehead atoms. The van der Waals surface area contributed by atoms with E-state index in [1.807, 2.05) is 4.90 Å². The first-order chi connectivity index (χ1) is 10.5. The summed E-state index contributed by atoms with van der Waals surface area (Å²) in [6.07, 6.45) is 4.86. The molecule has 1 atom stereocenters. The number of hydrogen-bond acceptors (Lipinski definition) is 3. The van der Waals surface area contributed by atoms with Gasteiger partial charge in [0, 0.05) is 25.6 Å². The van der Waals surface area contributed by atoms with Gasteiger partial charge in [-0.15, -0.1) is 0 Å². The molecule has 0 spiro atoms. The maximum Gasteiger partial charge on any atom is 0.306 e. The molecule has 2 rings (SSSR count). The molecular weight excluding hydrogens is 282 g/mol. The molecule has 0 radical (unpaired) electrons. The summed E-state index contributed by atoms with van der Waals surface area (Å²) in [7, 11) is 0. The van der Waals surface area contributed by atoms with Crippen molar-refractivity contribution in [1.29, 1.82) is 0 Å². The third-order valence-corrected chi connectivity index (χ3v) is 4.93. The van der Waals surface area contributed by atoms with Gasteiger partial charge in [0.25, 0.3) is 0 Å². The number of ether oxygens (including phenoxy) is 1. The van der Waals surface area contributed by atoms with E-state index in [1.54, 1.807) is 0 Å². The Hall–Kier alpha value is -1.10. The van der Waals surface area contributed by atoms with Gasteiger partial charge in [0.15, 0.2) is 0 Å². The molecule has 5 nitrogen and oxygen atoms in total. The summed E-state index contributed by atoms with van der Waals surface area (Å²) in [5.74, 6) is -0.104. The number of hydrogen-bond donors (Lipinski definition) is 1.